The molecule has 104 valence electrons. The number of hydrogen-bond donors (Lipinski definition) is 0. The number of ketones is 1. The summed E-state index contributed by atoms with van der Waals surface area (Å²) < 4.78 is 0. The number of thiazole rings is 1. The standard InChI is InChI=1S/C16H18N2OS/c19-15(13-7-3-1-4-8-13)11-14-12-20-16(17-14)18-9-5-2-6-10-18/h1,3-4,7-8,12H,2,5-6,9-11H2. The van der Waals surface area contributed by atoms with Gasteiger partial charge >= 0.3 is 0 Å². The zero-order chi connectivity index (χ0) is 13.8. The maximum atomic E-state index is 12.2. The number of hydrogen-bond acceptors (Lipinski definition) is 4. The molecule has 4 heteroatoms. The van der Waals surface area contributed by atoms with Crippen LogP contribution in [-0.2, 0) is 6.42 Å². The molecule has 0 N–H and O–H groups in total. The lowest BCUT2D eigenvalue weighted by molar-refractivity contribution is 0.0992. The van der Waals surface area contributed by atoms with Crippen LogP contribution < -0.4 is 4.90 Å². The van der Waals surface area contributed by atoms with Crippen LogP contribution in [0.15, 0.2) is 35.7 Å². The smallest absolute Gasteiger partial charge is 0.185 e. The Morgan fingerprint density at radius 3 is 2.65 bits per heavy atom. The van der Waals surface area contributed by atoms with E-state index < -0.39 is 0 Å². The lowest BCUT2D eigenvalue weighted by atomic mass is 10.1. The second-order valence-corrected chi connectivity index (χ2v) is 5.97. The van der Waals surface area contributed by atoms with Crippen LogP contribution in [0.4, 0.5) is 5.13 Å². The summed E-state index contributed by atoms with van der Waals surface area (Å²) in [5.74, 6) is 0.140. The van der Waals surface area contributed by atoms with Gasteiger partial charge in [-0.1, -0.05) is 30.3 Å². The zero-order valence-electron chi connectivity index (χ0n) is 11.4. The van der Waals surface area contributed by atoms with Crippen molar-refractivity contribution in [2.75, 3.05) is 18.0 Å². The van der Waals surface area contributed by atoms with Crippen LogP contribution in [0.3, 0.4) is 0 Å². The molecule has 0 amide bonds. The molecular formula is C16H18N2OS. The molecule has 2 heterocycles. The molecule has 1 aliphatic rings. The van der Waals surface area contributed by atoms with E-state index in [9.17, 15) is 4.79 Å². The van der Waals surface area contributed by atoms with Gasteiger partial charge in [-0.25, -0.2) is 4.98 Å². The molecule has 0 radical (unpaired) electrons. The van der Waals surface area contributed by atoms with Gasteiger partial charge in [0.15, 0.2) is 10.9 Å². The molecule has 0 unspecified atom stereocenters. The van der Waals surface area contributed by atoms with Gasteiger partial charge in [-0.3, -0.25) is 4.79 Å². The summed E-state index contributed by atoms with van der Waals surface area (Å²) in [7, 11) is 0. The Labute approximate surface area is 123 Å². The number of aromatic nitrogens is 1. The average Bonchev–Trinajstić information content (AvgIpc) is 2.97. The topological polar surface area (TPSA) is 33.2 Å². The van der Waals surface area contributed by atoms with Crippen molar-refractivity contribution < 1.29 is 4.79 Å². The number of carbonyl (C=O) groups excluding carboxylic acids is 1. The minimum atomic E-state index is 0.140. The van der Waals surface area contributed by atoms with E-state index in [1.54, 1.807) is 11.3 Å². The first-order valence-electron chi connectivity index (χ1n) is 7.10. The van der Waals surface area contributed by atoms with Crippen molar-refractivity contribution in [3.05, 3.63) is 47.0 Å². The number of nitrogens with zero attached hydrogens (tertiary/aromatic N) is 2. The molecule has 1 aromatic carbocycles. The van der Waals surface area contributed by atoms with Crippen LogP contribution in [0.2, 0.25) is 0 Å². The highest BCUT2D eigenvalue weighted by Crippen LogP contribution is 2.24. The van der Waals surface area contributed by atoms with E-state index in [0.29, 0.717) is 6.42 Å². The van der Waals surface area contributed by atoms with Crippen LogP contribution >= 0.6 is 11.3 Å². The highest BCUT2D eigenvalue weighted by molar-refractivity contribution is 7.13. The van der Waals surface area contributed by atoms with Crippen molar-refractivity contribution in [1.82, 2.24) is 4.98 Å². The van der Waals surface area contributed by atoms with Gasteiger partial charge < -0.3 is 4.90 Å². The Bertz CT molecular complexity index is 573. The molecule has 0 aliphatic carbocycles. The summed E-state index contributed by atoms with van der Waals surface area (Å²) in [5, 5.41) is 3.09. The Morgan fingerprint density at radius 2 is 1.90 bits per heavy atom. The molecule has 0 spiro atoms. The molecule has 3 nitrogen and oxygen atoms in total. The molecule has 1 aromatic heterocycles. The highest BCUT2D eigenvalue weighted by Gasteiger charge is 2.15. The largest absolute Gasteiger partial charge is 0.348 e. The predicted molar refractivity (Wildman–Crippen MR) is 82.7 cm³/mol. The average molecular weight is 286 g/mol. The van der Waals surface area contributed by atoms with Gasteiger partial charge in [0.25, 0.3) is 0 Å². The van der Waals surface area contributed by atoms with Gasteiger partial charge in [-0.15, -0.1) is 11.3 Å². The Kier molecular flexibility index (Phi) is 4.11. The fourth-order valence-electron chi connectivity index (χ4n) is 2.50. The van der Waals surface area contributed by atoms with Gasteiger partial charge in [-0.2, -0.15) is 0 Å². The normalized spacial score (nSPS) is 15.3. The molecule has 0 atom stereocenters. The highest BCUT2D eigenvalue weighted by atomic mass is 32.1. The van der Waals surface area contributed by atoms with Crippen LogP contribution in [0.5, 0.6) is 0 Å². The summed E-state index contributed by atoms with van der Waals surface area (Å²) in [5.41, 5.74) is 1.66. The van der Waals surface area contributed by atoms with E-state index in [-0.39, 0.29) is 5.78 Å². The van der Waals surface area contributed by atoms with Gasteiger partial charge in [-0.05, 0) is 19.3 Å². The first kappa shape index (κ1) is 13.3. The third-order valence-electron chi connectivity index (χ3n) is 3.60. The first-order chi connectivity index (χ1) is 9.83. The lowest BCUT2D eigenvalue weighted by Crippen LogP contribution is -2.29. The number of carbonyl (C=O) groups is 1. The SMILES string of the molecule is O=C(Cc1csc(N2CCCCC2)n1)c1ccccc1. The summed E-state index contributed by atoms with van der Waals surface area (Å²) in [6, 6.07) is 9.44. The summed E-state index contributed by atoms with van der Waals surface area (Å²) in [6.07, 6.45) is 4.21. The second kappa shape index (κ2) is 6.18. The van der Waals surface area contributed by atoms with Gasteiger partial charge in [0.05, 0.1) is 12.1 Å². The van der Waals surface area contributed by atoms with Crippen molar-refractivity contribution in [3.8, 4) is 0 Å². The zero-order valence-corrected chi connectivity index (χ0v) is 12.2. The second-order valence-electron chi connectivity index (χ2n) is 5.14. The molecular weight excluding hydrogens is 268 g/mol. The fourth-order valence-corrected chi connectivity index (χ4v) is 3.38. The van der Waals surface area contributed by atoms with Gasteiger partial charge in [0, 0.05) is 24.0 Å². The number of rotatable bonds is 4. The lowest BCUT2D eigenvalue weighted by Gasteiger charge is -2.25. The van der Waals surface area contributed by atoms with E-state index in [1.165, 1.54) is 19.3 Å². The van der Waals surface area contributed by atoms with Gasteiger partial charge in [0.1, 0.15) is 0 Å². The molecule has 0 bridgehead atoms. The van der Waals surface area contributed by atoms with E-state index in [0.717, 1.165) is 29.5 Å². The van der Waals surface area contributed by atoms with E-state index in [1.807, 2.05) is 35.7 Å². The van der Waals surface area contributed by atoms with Gasteiger partial charge in [0.2, 0.25) is 0 Å². The Balaban J connectivity index is 1.66. The van der Waals surface area contributed by atoms with Crippen molar-refractivity contribution in [1.29, 1.82) is 0 Å². The molecule has 1 saturated heterocycles. The number of piperidine rings is 1. The summed E-state index contributed by atoms with van der Waals surface area (Å²) >= 11 is 1.66. The van der Waals surface area contributed by atoms with Crippen LogP contribution in [-0.4, -0.2) is 23.9 Å². The van der Waals surface area contributed by atoms with Crippen molar-refractivity contribution in [3.63, 3.8) is 0 Å². The molecule has 0 saturated carbocycles. The van der Waals surface area contributed by atoms with E-state index in [4.69, 9.17) is 0 Å². The van der Waals surface area contributed by atoms with E-state index >= 15 is 0 Å². The minimum absolute atomic E-state index is 0.140. The van der Waals surface area contributed by atoms with Crippen LogP contribution in [0.25, 0.3) is 0 Å². The Hall–Kier alpha value is -1.68. The summed E-state index contributed by atoms with van der Waals surface area (Å²) in [4.78, 5) is 19.1. The molecule has 20 heavy (non-hydrogen) atoms. The third-order valence-corrected chi connectivity index (χ3v) is 4.55. The molecule has 1 fully saturated rings. The third kappa shape index (κ3) is 3.07. The van der Waals surface area contributed by atoms with Crippen molar-refractivity contribution >= 4 is 22.3 Å². The van der Waals surface area contributed by atoms with Crippen molar-refractivity contribution in [2.24, 2.45) is 0 Å². The number of anilines is 1. The maximum Gasteiger partial charge on any atom is 0.185 e. The quantitative estimate of drug-likeness (QED) is 0.806. The maximum absolute atomic E-state index is 12.2. The first-order valence-corrected chi connectivity index (χ1v) is 7.98. The summed E-state index contributed by atoms with van der Waals surface area (Å²) in [6.45, 7) is 2.19. The monoisotopic (exact) mass is 286 g/mol. The predicted octanol–water partition coefficient (Wildman–Crippen LogP) is 3.56. The number of benzene rings is 1. The minimum Gasteiger partial charge on any atom is -0.348 e. The van der Waals surface area contributed by atoms with Crippen LogP contribution in [0.1, 0.15) is 35.3 Å². The van der Waals surface area contributed by atoms with E-state index in [2.05, 4.69) is 9.88 Å². The number of Topliss-reactive ketones (excluding diaryl/α,β-unsaturated/α-hetero) is 1. The fraction of sp³-hybridized carbons (Fsp3) is 0.375. The van der Waals surface area contributed by atoms with Crippen LogP contribution in [0, 0.1) is 0 Å². The molecule has 2 aromatic rings. The molecule has 1 aliphatic heterocycles. The van der Waals surface area contributed by atoms with Crippen molar-refractivity contribution in [2.45, 2.75) is 25.7 Å². The molecule has 3 rings (SSSR count). The Morgan fingerprint density at radius 1 is 1.15 bits per heavy atom.